The minimum Gasteiger partial charge on any atom is -0.496 e. The van der Waals surface area contributed by atoms with Gasteiger partial charge in [-0.1, -0.05) is 5.16 Å². The van der Waals surface area contributed by atoms with E-state index >= 15 is 0 Å². The molecule has 4 aromatic heterocycles. The number of rotatable bonds is 4. The number of hydrogen-bond acceptors (Lipinski definition) is 7. The van der Waals surface area contributed by atoms with Gasteiger partial charge < -0.3 is 14.2 Å². The van der Waals surface area contributed by atoms with Crippen LogP contribution in [-0.2, 0) is 6.42 Å². The molecule has 0 aliphatic rings. The third-order valence-electron chi connectivity index (χ3n) is 5.59. The first kappa shape index (κ1) is 19.7. The predicted molar refractivity (Wildman–Crippen MR) is 122 cm³/mol. The Morgan fingerprint density at radius 3 is 2.48 bits per heavy atom. The van der Waals surface area contributed by atoms with E-state index < -0.39 is 0 Å². The quantitative estimate of drug-likeness (QED) is 0.410. The minimum atomic E-state index is 0.720. The maximum absolute atomic E-state index is 5.78. The van der Waals surface area contributed by atoms with Gasteiger partial charge in [-0.05, 0) is 46.8 Å². The Morgan fingerprint density at radius 2 is 1.84 bits per heavy atom. The summed E-state index contributed by atoms with van der Waals surface area (Å²) in [6, 6.07) is 4.14. The second-order valence-electron chi connectivity index (χ2n) is 7.78. The van der Waals surface area contributed by atoms with Gasteiger partial charge in [0.2, 0.25) is 0 Å². The molecule has 7 nitrogen and oxygen atoms in total. The van der Waals surface area contributed by atoms with Gasteiger partial charge in [0.05, 0.1) is 34.8 Å². The number of aromatic amines is 1. The van der Waals surface area contributed by atoms with Crippen LogP contribution in [0.3, 0.4) is 0 Å². The summed E-state index contributed by atoms with van der Waals surface area (Å²) in [6.07, 6.45) is 0.720. The molecule has 0 aliphatic heterocycles. The first-order valence-corrected chi connectivity index (χ1v) is 10.9. The second-order valence-corrected chi connectivity index (χ2v) is 9.07. The Balaban J connectivity index is 1.77. The van der Waals surface area contributed by atoms with Crippen molar-refractivity contribution in [2.24, 2.45) is 0 Å². The number of benzene rings is 1. The lowest BCUT2D eigenvalue weighted by atomic mass is 10.00. The Labute approximate surface area is 183 Å². The van der Waals surface area contributed by atoms with Crippen LogP contribution >= 0.6 is 11.3 Å². The van der Waals surface area contributed by atoms with Crippen LogP contribution in [0.5, 0.6) is 5.75 Å². The Hall–Kier alpha value is -3.26. The van der Waals surface area contributed by atoms with Crippen LogP contribution in [-0.4, -0.2) is 32.2 Å². The first-order chi connectivity index (χ1) is 14.9. The van der Waals surface area contributed by atoms with Crippen LogP contribution in [0.15, 0.2) is 16.7 Å². The standard InChI is InChI=1S/C23H23N5O2S/c1-10-20(31-14(5)24-10)9-18-22-15-8-19(29-6)16(21-11(2)28-30-12(21)3)7-17(15)27-23(22)26-13(4)25-18/h7-8H,9H2,1-6H3,(H,25,26,27). The molecule has 0 aliphatic carbocycles. The molecule has 5 aromatic rings. The Morgan fingerprint density at radius 1 is 1.03 bits per heavy atom. The normalized spacial score (nSPS) is 11.7. The SMILES string of the molecule is COc1cc2c(cc1-c1c(C)noc1C)[nH]c1nc(C)nc(Cc3sc(C)nc3C)c12. The zero-order chi connectivity index (χ0) is 21.9. The first-order valence-electron chi connectivity index (χ1n) is 10.1. The lowest BCUT2D eigenvalue weighted by Gasteiger charge is -2.09. The molecule has 0 bridgehead atoms. The Kier molecular flexibility index (Phi) is 4.55. The molecule has 0 radical (unpaired) electrons. The van der Waals surface area contributed by atoms with E-state index in [0.29, 0.717) is 0 Å². The number of thiazole rings is 1. The van der Waals surface area contributed by atoms with E-state index in [1.54, 1.807) is 18.4 Å². The van der Waals surface area contributed by atoms with Gasteiger partial charge in [0.25, 0.3) is 0 Å². The molecule has 0 saturated heterocycles. The van der Waals surface area contributed by atoms with Crippen molar-refractivity contribution >= 4 is 33.3 Å². The number of aromatic nitrogens is 5. The van der Waals surface area contributed by atoms with Crippen molar-refractivity contribution in [2.45, 2.75) is 41.0 Å². The summed E-state index contributed by atoms with van der Waals surface area (Å²) >= 11 is 1.72. The summed E-state index contributed by atoms with van der Waals surface area (Å²) in [6.45, 7) is 9.87. The molecule has 0 unspecified atom stereocenters. The average Bonchev–Trinajstić information content (AvgIpc) is 3.34. The number of nitrogens with zero attached hydrogens (tertiary/aromatic N) is 4. The summed E-state index contributed by atoms with van der Waals surface area (Å²) in [5, 5.41) is 7.24. The number of hydrogen-bond donors (Lipinski definition) is 1. The van der Waals surface area contributed by atoms with E-state index in [0.717, 1.165) is 78.9 Å². The molecule has 0 amide bonds. The fourth-order valence-electron chi connectivity index (χ4n) is 4.27. The molecule has 31 heavy (non-hydrogen) atoms. The fourth-order valence-corrected chi connectivity index (χ4v) is 5.21. The molecule has 0 fully saturated rings. The highest BCUT2D eigenvalue weighted by atomic mass is 32.1. The van der Waals surface area contributed by atoms with Gasteiger partial charge in [-0.25, -0.2) is 15.0 Å². The summed E-state index contributed by atoms with van der Waals surface area (Å²) < 4.78 is 11.2. The van der Waals surface area contributed by atoms with E-state index in [-0.39, 0.29) is 0 Å². The summed E-state index contributed by atoms with van der Waals surface area (Å²) in [5.41, 5.74) is 6.59. The van der Waals surface area contributed by atoms with Gasteiger partial charge in [0.15, 0.2) is 0 Å². The summed E-state index contributed by atoms with van der Waals surface area (Å²) in [4.78, 5) is 18.8. The molecule has 0 saturated carbocycles. The van der Waals surface area contributed by atoms with Crippen LogP contribution in [0.4, 0.5) is 0 Å². The van der Waals surface area contributed by atoms with Crippen LogP contribution in [0, 0.1) is 34.6 Å². The average molecular weight is 434 g/mol. The van der Waals surface area contributed by atoms with Crippen molar-refractivity contribution < 1.29 is 9.26 Å². The number of aryl methyl sites for hydroxylation is 5. The minimum absolute atomic E-state index is 0.720. The molecule has 5 rings (SSSR count). The topological polar surface area (TPSA) is 89.7 Å². The lowest BCUT2D eigenvalue weighted by Crippen LogP contribution is -1.98. The third-order valence-corrected chi connectivity index (χ3v) is 6.66. The number of ether oxygens (including phenoxy) is 1. The fraction of sp³-hybridized carbons (Fsp3) is 0.304. The van der Waals surface area contributed by atoms with Crippen molar-refractivity contribution in [3.8, 4) is 16.9 Å². The van der Waals surface area contributed by atoms with Crippen molar-refractivity contribution in [1.29, 1.82) is 0 Å². The van der Waals surface area contributed by atoms with Gasteiger partial charge in [-0.2, -0.15) is 0 Å². The van der Waals surface area contributed by atoms with Crippen LogP contribution < -0.4 is 4.74 Å². The number of methoxy groups -OCH3 is 1. The smallest absolute Gasteiger partial charge is 0.142 e. The van der Waals surface area contributed by atoms with Crippen LogP contribution in [0.1, 0.15) is 38.6 Å². The molecule has 1 N–H and O–H groups in total. The van der Waals surface area contributed by atoms with Gasteiger partial charge in [-0.15, -0.1) is 11.3 Å². The molecule has 1 aromatic carbocycles. The maximum Gasteiger partial charge on any atom is 0.142 e. The summed E-state index contributed by atoms with van der Waals surface area (Å²) in [5.74, 6) is 2.27. The molecule has 8 heteroatoms. The van der Waals surface area contributed by atoms with Gasteiger partial charge in [-0.3, -0.25) is 0 Å². The lowest BCUT2D eigenvalue weighted by molar-refractivity contribution is 0.393. The molecule has 158 valence electrons. The van der Waals surface area contributed by atoms with E-state index in [4.69, 9.17) is 14.2 Å². The van der Waals surface area contributed by atoms with Crippen LogP contribution in [0.25, 0.3) is 33.1 Å². The largest absolute Gasteiger partial charge is 0.496 e. The zero-order valence-electron chi connectivity index (χ0n) is 18.4. The van der Waals surface area contributed by atoms with Gasteiger partial charge in [0, 0.05) is 33.2 Å². The van der Waals surface area contributed by atoms with E-state index in [1.807, 2.05) is 27.7 Å². The molecular formula is C23H23N5O2S. The van der Waals surface area contributed by atoms with Gasteiger partial charge in [0.1, 0.15) is 23.0 Å². The molecule has 4 heterocycles. The number of nitrogens with one attached hydrogen (secondary N) is 1. The molecule has 0 atom stereocenters. The third kappa shape index (κ3) is 3.18. The monoisotopic (exact) mass is 433 g/mol. The summed E-state index contributed by atoms with van der Waals surface area (Å²) in [7, 11) is 1.68. The van der Waals surface area contributed by atoms with Crippen LogP contribution in [0.2, 0.25) is 0 Å². The van der Waals surface area contributed by atoms with E-state index in [1.165, 1.54) is 4.88 Å². The van der Waals surface area contributed by atoms with Crippen molar-refractivity contribution in [1.82, 2.24) is 25.1 Å². The van der Waals surface area contributed by atoms with Gasteiger partial charge >= 0.3 is 0 Å². The highest BCUT2D eigenvalue weighted by Gasteiger charge is 2.21. The second kappa shape index (κ2) is 7.16. The van der Waals surface area contributed by atoms with E-state index in [2.05, 4.69) is 39.2 Å². The predicted octanol–water partition coefficient (Wildman–Crippen LogP) is 5.36. The van der Waals surface area contributed by atoms with Crippen molar-refractivity contribution in [3.63, 3.8) is 0 Å². The highest BCUT2D eigenvalue weighted by Crippen LogP contribution is 2.40. The van der Waals surface area contributed by atoms with Crippen molar-refractivity contribution in [3.05, 3.63) is 50.7 Å². The van der Waals surface area contributed by atoms with E-state index in [9.17, 15) is 0 Å². The molecule has 0 spiro atoms. The van der Waals surface area contributed by atoms with Crippen molar-refractivity contribution in [2.75, 3.05) is 7.11 Å². The highest BCUT2D eigenvalue weighted by molar-refractivity contribution is 7.11. The number of fused-ring (bicyclic) bond motifs is 3. The number of H-pyrrole nitrogens is 1. The molecular weight excluding hydrogens is 410 g/mol. The zero-order valence-corrected chi connectivity index (χ0v) is 19.2. The maximum atomic E-state index is 5.78. The Bertz CT molecular complexity index is 1440.